The summed E-state index contributed by atoms with van der Waals surface area (Å²) in [5.41, 5.74) is 0.993. The lowest BCUT2D eigenvalue weighted by Crippen LogP contribution is -2.44. The van der Waals surface area contributed by atoms with Gasteiger partial charge >= 0.3 is 0 Å². The third-order valence-corrected chi connectivity index (χ3v) is 3.74. The van der Waals surface area contributed by atoms with Gasteiger partial charge in [0.05, 0.1) is 18.0 Å². The normalized spacial score (nSPS) is 23.6. The number of methoxy groups -OCH3 is 1. The van der Waals surface area contributed by atoms with Gasteiger partial charge in [-0.3, -0.25) is 4.98 Å². The molecule has 1 saturated heterocycles. The smallest absolute Gasteiger partial charge is 0.147 e. The molecule has 2 heterocycles. The molecule has 1 aromatic heterocycles. The fourth-order valence-electron chi connectivity index (χ4n) is 2.43. The number of piperidine rings is 1. The molecule has 5 heteroatoms. The predicted octanol–water partition coefficient (Wildman–Crippen LogP) is 1.45. The van der Waals surface area contributed by atoms with Gasteiger partial charge in [0, 0.05) is 32.9 Å². The van der Waals surface area contributed by atoms with Crippen molar-refractivity contribution in [1.29, 1.82) is 0 Å². The molecule has 106 valence electrons. The number of rotatable bonds is 5. The first-order chi connectivity index (χ1) is 9.24. The summed E-state index contributed by atoms with van der Waals surface area (Å²) < 4.78 is 5.55. The molecule has 19 heavy (non-hydrogen) atoms. The van der Waals surface area contributed by atoms with Gasteiger partial charge in [0.2, 0.25) is 0 Å². The second-order valence-corrected chi connectivity index (χ2v) is 5.14. The summed E-state index contributed by atoms with van der Waals surface area (Å²) in [5, 5.41) is 3.28. The molecule has 0 amide bonds. The molecular weight excluding hydrogens is 240 g/mol. The number of ether oxygens (including phenoxy) is 1. The third-order valence-electron chi connectivity index (χ3n) is 3.74. The molecule has 0 radical (unpaired) electrons. The third kappa shape index (κ3) is 3.64. The van der Waals surface area contributed by atoms with Crippen molar-refractivity contribution >= 4 is 5.82 Å². The SMILES string of the molecule is CCNCc1cncc(N2CCC(C)C(OC)C2)n1. The van der Waals surface area contributed by atoms with Gasteiger partial charge in [-0.2, -0.15) is 0 Å². The highest BCUT2D eigenvalue weighted by molar-refractivity contribution is 5.37. The van der Waals surface area contributed by atoms with Crippen LogP contribution >= 0.6 is 0 Å². The molecule has 1 fully saturated rings. The van der Waals surface area contributed by atoms with Crippen molar-refractivity contribution in [2.75, 3.05) is 31.6 Å². The van der Waals surface area contributed by atoms with E-state index >= 15 is 0 Å². The first-order valence-corrected chi connectivity index (χ1v) is 7.04. The molecule has 2 unspecified atom stereocenters. The largest absolute Gasteiger partial charge is 0.379 e. The molecule has 0 saturated carbocycles. The van der Waals surface area contributed by atoms with Gasteiger partial charge in [0.15, 0.2) is 0 Å². The van der Waals surface area contributed by atoms with Crippen LogP contribution in [-0.2, 0) is 11.3 Å². The van der Waals surface area contributed by atoms with E-state index in [4.69, 9.17) is 4.74 Å². The van der Waals surface area contributed by atoms with Crippen LogP contribution < -0.4 is 10.2 Å². The zero-order valence-corrected chi connectivity index (χ0v) is 12.1. The molecule has 1 N–H and O–H groups in total. The van der Waals surface area contributed by atoms with Gasteiger partial charge in [-0.05, 0) is 18.9 Å². The maximum Gasteiger partial charge on any atom is 0.147 e. The Morgan fingerprint density at radius 3 is 3.05 bits per heavy atom. The van der Waals surface area contributed by atoms with Crippen molar-refractivity contribution in [1.82, 2.24) is 15.3 Å². The van der Waals surface area contributed by atoms with Crippen LogP contribution in [0.5, 0.6) is 0 Å². The molecule has 2 rings (SSSR count). The van der Waals surface area contributed by atoms with Gasteiger partial charge in [0.1, 0.15) is 5.82 Å². The molecule has 2 atom stereocenters. The zero-order valence-electron chi connectivity index (χ0n) is 12.1. The second kappa shape index (κ2) is 6.82. The number of hydrogen-bond donors (Lipinski definition) is 1. The molecule has 1 aliphatic rings. The van der Waals surface area contributed by atoms with Crippen LogP contribution in [-0.4, -0.2) is 42.8 Å². The van der Waals surface area contributed by atoms with Crippen molar-refractivity contribution in [3.63, 3.8) is 0 Å². The Kier molecular flexibility index (Phi) is 5.10. The fraction of sp³-hybridized carbons (Fsp3) is 0.714. The van der Waals surface area contributed by atoms with Crippen LogP contribution in [0.15, 0.2) is 12.4 Å². The fourth-order valence-corrected chi connectivity index (χ4v) is 2.43. The van der Waals surface area contributed by atoms with E-state index in [9.17, 15) is 0 Å². The van der Waals surface area contributed by atoms with E-state index in [0.29, 0.717) is 5.92 Å². The molecule has 0 aliphatic carbocycles. The molecule has 1 aromatic rings. The number of nitrogens with zero attached hydrogens (tertiary/aromatic N) is 3. The molecule has 5 nitrogen and oxygen atoms in total. The van der Waals surface area contributed by atoms with Crippen LogP contribution in [0.3, 0.4) is 0 Å². The van der Waals surface area contributed by atoms with Crippen LogP contribution in [0.4, 0.5) is 5.82 Å². The van der Waals surface area contributed by atoms with Gasteiger partial charge in [0.25, 0.3) is 0 Å². The highest BCUT2D eigenvalue weighted by Gasteiger charge is 2.26. The summed E-state index contributed by atoms with van der Waals surface area (Å²) in [6.45, 7) is 7.98. The maximum atomic E-state index is 5.55. The highest BCUT2D eigenvalue weighted by atomic mass is 16.5. The summed E-state index contributed by atoms with van der Waals surface area (Å²) in [7, 11) is 1.79. The van der Waals surface area contributed by atoms with Crippen molar-refractivity contribution in [3.8, 4) is 0 Å². The van der Waals surface area contributed by atoms with Crippen molar-refractivity contribution in [3.05, 3.63) is 18.1 Å². The standard InChI is InChI=1S/C14H24N4O/c1-4-15-7-12-8-16-9-14(17-12)18-6-5-11(2)13(10-18)19-3/h8-9,11,13,15H,4-7,10H2,1-3H3. The van der Waals surface area contributed by atoms with Crippen LogP contribution in [0.2, 0.25) is 0 Å². The highest BCUT2D eigenvalue weighted by Crippen LogP contribution is 2.23. The topological polar surface area (TPSA) is 50.3 Å². The minimum absolute atomic E-state index is 0.285. The van der Waals surface area contributed by atoms with Crippen LogP contribution in [0.1, 0.15) is 26.0 Å². The van der Waals surface area contributed by atoms with E-state index in [1.807, 2.05) is 12.4 Å². The predicted molar refractivity (Wildman–Crippen MR) is 76.2 cm³/mol. The first-order valence-electron chi connectivity index (χ1n) is 7.04. The van der Waals surface area contributed by atoms with E-state index in [1.165, 1.54) is 0 Å². The first kappa shape index (κ1) is 14.2. The Morgan fingerprint density at radius 2 is 2.32 bits per heavy atom. The number of aromatic nitrogens is 2. The minimum Gasteiger partial charge on any atom is -0.379 e. The molecule has 0 bridgehead atoms. The van der Waals surface area contributed by atoms with Gasteiger partial charge in [-0.1, -0.05) is 13.8 Å². The quantitative estimate of drug-likeness (QED) is 0.872. The van der Waals surface area contributed by atoms with Crippen molar-refractivity contribution < 1.29 is 4.74 Å². The Balaban J connectivity index is 2.04. The van der Waals surface area contributed by atoms with E-state index in [-0.39, 0.29) is 6.10 Å². The summed E-state index contributed by atoms with van der Waals surface area (Å²) >= 11 is 0. The van der Waals surface area contributed by atoms with Crippen LogP contribution in [0, 0.1) is 5.92 Å². The summed E-state index contributed by atoms with van der Waals surface area (Å²) in [6.07, 6.45) is 5.09. The monoisotopic (exact) mass is 264 g/mol. The Hall–Kier alpha value is -1.20. The van der Waals surface area contributed by atoms with E-state index in [2.05, 4.69) is 34.0 Å². The molecular formula is C14H24N4O. The van der Waals surface area contributed by atoms with E-state index < -0.39 is 0 Å². The second-order valence-electron chi connectivity index (χ2n) is 5.14. The lowest BCUT2D eigenvalue weighted by molar-refractivity contribution is 0.0496. The average molecular weight is 264 g/mol. The zero-order chi connectivity index (χ0) is 13.7. The van der Waals surface area contributed by atoms with Crippen molar-refractivity contribution in [2.24, 2.45) is 5.92 Å². The Morgan fingerprint density at radius 1 is 1.47 bits per heavy atom. The maximum absolute atomic E-state index is 5.55. The van der Waals surface area contributed by atoms with Crippen molar-refractivity contribution in [2.45, 2.75) is 32.9 Å². The number of anilines is 1. The molecule has 1 aliphatic heterocycles. The van der Waals surface area contributed by atoms with Crippen LogP contribution in [0.25, 0.3) is 0 Å². The van der Waals surface area contributed by atoms with Gasteiger partial charge in [-0.25, -0.2) is 4.98 Å². The Labute approximate surface area is 115 Å². The summed E-state index contributed by atoms with van der Waals surface area (Å²) in [4.78, 5) is 11.2. The summed E-state index contributed by atoms with van der Waals surface area (Å²) in [5.74, 6) is 1.57. The van der Waals surface area contributed by atoms with Gasteiger partial charge < -0.3 is 15.0 Å². The lowest BCUT2D eigenvalue weighted by Gasteiger charge is -2.36. The minimum atomic E-state index is 0.285. The summed E-state index contributed by atoms with van der Waals surface area (Å²) in [6, 6.07) is 0. The number of hydrogen-bond acceptors (Lipinski definition) is 5. The lowest BCUT2D eigenvalue weighted by atomic mass is 9.96. The molecule has 0 spiro atoms. The van der Waals surface area contributed by atoms with E-state index in [1.54, 1.807) is 7.11 Å². The average Bonchev–Trinajstić information content (AvgIpc) is 2.46. The van der Waals surface area contributed by atoms with Gasteiger partial charge in [-0.15, -0.1) is 0 Å². The Bertz CT molecular complexity index is 399. The number of nitrogens with one attached hydrogen (secondary N) is 1. The molecule has 0 aromatic carbocycles. The van der Waals surface area contributed by atoms with E-state index in [0.717, 1.165) is 44.1 Å².